The van der Waals surface area contributed by atoms with Crippen molar-refractivity contribution in [2.75, 3.05) is 13.1 Å². The van der Waals surface area contributed by atoms with Crippen LogP contribution in [0.25, 0.3) is 0 Å². The maximum Gasteiger partial charge on any atom is 0.271 e. The Morgan fingerprint density at radius 1 is 1.47 bits per heavy atom. The average Bonchev–Trinajstić information content (AvgIpc) is 2.33. The third kappa shape index (κ3) is 3.00. The Bertz CT molecular complexity index is 390. The van der Waals surface area contributed by atoms with Gasteiger partial charge in [0.25, 0.3) is 5.91 Å². The Labute approximate surface area is 101 Å². The van der Waals surface area contributed by atoms with Crippen LogP contribution in [0.5, 0.6) is 0 Å². The van der Waals surface area contributed by atoms with E-state index in [9.17, 15) is 4.79 Å². The number of hydrogen-bond acceptors (Lipinski definition) is 4. The number of carbonyl (C=O) groups is 1. The van der Waals surface area contributed by atoms with Crippen LogP contribution in [-0.4, -0.2) is 35.0 Å². The highest BCUT2D eigenvalue weighted by molar-refractivity contribution is 5.92. The van der Waals surface area contributed by atoms with Gasteiger partial charge in [-0.05, 0) is 32.4 Å². The molecule has 2 N–H and O–H groups in total. The van der Waals surface area contributed by atoms with Crippen molar-refractivity contribution in [2.45, 2.75) is 26.3 Å². The molecule has 0 spiro atoms. The monoisotopic (exact) mass is 234 g/mol. The molecule has 2 heterocycles. The van der Waals surface area contributed by atoms with E-state index in [1.165, 1.54) is 6.20 Å². The van der Waals surface area contributed by atoms with Crippen LogP contribution in [0, 0.1) is 12.8 Å². The second-order valence-electron chi connectivity index (χ2n) is 4.59. The predicted octanol–water partition coefficient (Wildman–Crippen LogP) is 0.513. The summed E-state index contributed by atoms with van der Waals surface area (Å²) in [6.07, 6.45) is 4.10. The molecule has 1 aliphatic rings. The fraction of sp³-hybridized carbons (Fsp3) is 0.583. The van der Waals surface area contributed by atoms with E-state index in [2.05, 4.69) is 27.5 Å². The van der Waals surface area contributed by atoms with Crippen LogP contribution >= 0.6 is 0 Å². The van der Waals surface area contributed by atoms with Crippen LogP contribution in [0.2, 0.25) is 0 Å². The second-order valence-corrected chi connectivity index (χ2v) is 4.59. The molecular weight excluding hydrogens is 216 g/mol. The fourth-order valence-electron chi connectivity index (χ4n) is 1.98. The van der Waals surface area contributed by atoms with Crippen molar-refractivity contribution in [3.8, 4) is 0 Å². The molecular formula is C12H18N4O. The lowest BCUT2D eigenvalue weighted by atomic mass is 9.95. The minimum atomic E-state index is -0.128. The summed E-state index contributed by atoms with van der Waals surface area (Å²) >= 11 is 0. The highest BCUT2D eigenvalue weighted by Crippen LogP contribution is 2.10. The highest BCUT2D eigenvalue weighted by Gasteiger charge is 2.23. The lowest BCUT2D eigenvalue weighted by Gasteiger charge is -2.30. The van der Waals surface area contributed by atoms with Gasteiger partial charge in [0, 0.05) is 12.2 Å². The Morgan fingerprint density at radius 3 is 2.94 bits per heavy atom. The summed E-state index contributed by atoms with van der Waals surface area (Å²) in [5, 5.41) is 6.33. The van der Waals surface area contributed by atoms with Crippen molar-refractivity contribution in [3.63, 3.8) is 0 Å². The second kappa shape index (κ2) is 5.23. The van der Waals surface area contributed by atoms with Gasteiger partial charge in [-0.15, -0.1) is 0 Å². The van der Waals surface area contributed by atoms with Gasteiger partial charge >= 0.3 is 0 Å². The first-order chi connectivity index (χ1) is 8.16. The van der Waals surface area contributed by atoms with E-state index in [4.69, 9.17) is 0 Å². The molecule has 1 fully saturated rings. The molecule has 92 valence electrons. The smallest absolute Gasteiger partial charge is 0.271 e. The van der Waals surface area contributed by atoms with E-state index >= 15 is 0 Å². The third-order valence-electron chi connectivity index (χ3n) is 3.12. The summed E-state index contributed by atoms with van der Waals surface area (Å²) in [6.45, 7) is 5.89. The normalized spacial score (nSPS) is 24.4. The van der Waals surface area contributed by atoms with Gasteiger partial charge in [0.1, 0.15) is 5.69 Å². The van der Waals surface area contributed by atoms with Crippen molar-refractivity contribution in [1.82, 2.24) is 20.6 Å². The zero-order valence-corrected chi connectivity index (χ0v) is 10.2. The quantitative estimate of drug-likeness (QED) is 0.782. The molecule has 1 aromatic rings. The molecule has 0 aliphatic carbocycles. The standard InChI is InChI=1S/C12H18N4O/c1-8-5-13-4-3-10(8)16-12(17)11-7-14-9(2)6-15-11/h6-8,10,13H,3-5H2,1-2H3,(H,16,17). The zero-order chi connectivity index (χ0) is 12.3. The molecule has 1 saturated heterocycles. The van der Waals surface area contributed by atoms with Gasteiger partial charge in [-0.1, -0.05) is 6.92 Å². The van der Waals surface area contributed by atoms with Crippen LogP contribution in [0.15, 0.2) is 12.4 Å². The topological polar surface area (TPSA) is 66.9 Å². The molecule has 2 atom stereocenters. The summed E-state index contributed by atoms with van der Waals surface area (Å²) in [5.74, 6) is 0.322. The number of hydrogen-bond donors (Lipinski definition) is 2. The van der Waals surface area contributed by atoms with Gasteiger partial charge in [0.15, 0.2) is 0 Å². The Morgan fingerprint density at radius 2 is 2.29 bits per heavy atom. The molecule has 0 saturated carbocycles. The van der Waals surface area contributed by atoms with Crippen LogP contribution in [0.1, 0.15) is 29.5 Å². The zero-order valence-electron chi connectivity index (χ0n) is 10.2. The lowest BCUT2D eigenvalue weighted by Crippen LogP contribution is -2.48. The first-order valence-electron chi connectivity index (χ1n) is 5.97. The molecule has 5 nitrogen and oxygen atoms in total. The van der Waals surface area contributed by atoms with E-state index in [0.29, 0.717) is 11.6 Å². The van der Waals surface area contributed by atoms with Crippen molar-refractivity contribution in [1.29, 1.82) is 0 Å². The molecule has 0 radical (unpaired) electrons. The first-order valence-corrected chi connectivity index (χ1v) is 5.97. The van der Waals surface area contributed by atoms with E-state index in [0.717, 1.165) is 25.2 Å². The van der Waals surface area contributed by atoms with Crippen molar-refractivity contribution < 1.29 is 4.79 Å². The summed E-state index contributed by atoms with van der Waals surface area (Å²) in [4.78, 5) is 20.1. The number of amides is 1. The first kappa shape index (κ1) is 12.0. The van der Waals surface area contributed by atoms with Gasteiger partial charge in [0.05, 0.1) is 11.9 Å². The molecule has 2 rings (SSSR count). The fourth-order valence-corrected chi connectivity index (χ4v) is 1.98. The predicted molar refractivity (Wildman–Crippen MR) is 64.7 cm³/mol. The number of carbonyl (C=O) groups excluding carboxylic acids is 1. The summed E-state index contributed by atoms with van der Waals surface area (Å²) < 4.78 is 0. The van der Waals surface area contributed by atoms with E-state index < -0.39 is 0 Å². The molecule has 1 aromatic heterocycles. The number of rotatable bonds is 2. The van der Waals surface area contributed by atoms with Crippen LogP contribution in [-0.2, 0) is 0 Å². The number of piperidine rings is 1. The summed E-state index contributed by atoms with van der Waals surface area (Å²) in [5.41, 5.74) is 1.21. The largest absolute Gasteiger partial charge is 0.348 e. The van der Waals surface area contributed by atoms with Gasteiger partial charge < -0.3 is 10.6 Å². The van der Waals surface area contributed by atoms with Crippen LogP contribution in [0.3, 0.4) is 0 Å². The van der Waals surface area contributed by atoms with Gasteiger partial charge in [-0.3, -0.25) is 9.78 Å². The molecule has 5 heteroatoms. The van der Waals surface area contributed by atoms with Gasteiger partial charge in [-0.25, -0.2) is 4.98 Å². The molecule has 0 bridgehead atoms. The Hall–Kier alpha value is -1.49. The number of nitrogens with zero attached hydrogens (tertiary/aromatic N) is 2. The van der Waals surface area contributed by atoms with E-state index in [1.54, 1.807) is 6.20 Å². The maximum atomic E-state index is 11.9. The molecule has 1 aliphatic heterocycles. The lowest BCUT2D eigenvalue weighted by molar-refractivity contribution is 0.0908. The molecule has 17 heavy (non-hydrogen) atoms. The van der Waals surface area contributed by atoms with Crippen LogP contribution in [0.4, 0.5) is 0 Å². The van der Waals surface area contributed by atoms with Gasteiger partial charge in [-0.2, -0.15) is 0 Å². The maximum absolute atomic E-state index is 11.9. The SMILES string of the molecule is Cc1cnc(C(=O)NC2CCNCC2C)cn1. The Kier molecular flexibility index (Phi) is 3.68. The van der Waals surface area contributed by atoms with Crippen molar-refractivity contribution in [3.05, 3.63) is 23.8 Å². The van der Waals surface area contributed by atoms with E-state index in [1.807, 2.05) is 6.92 Å². The minimum absolute atomic E-state index is 0.128. The molecule has 2 unspecified atom stereocenters. The molecule has 1 amide bonds. The number of aryl methyl sites for hydroxylation is 1. The van der Waals surface area contributed by atoms with E-state index in [-0.39, 0.29) is 11.9 Å². The van der Waals surface area contributed by atoms with Gasteiger partial charge in [0.2, 0.25) is 0 Å². The summed E-state index contributed by atoms with van der Waals surface area (Å²) in [6, 6.07) is 0.229. The van der Waals surface area contributed by atoms with Crippen LogP contribution < -0.4 is 10.6 Å². The number of aromatic nitrogens is 2. The highest BCUT2D eigenvalue weighted by atomic mass is 16.1. The van der Waals surface area contributed by atoms with Crippen molar-refractivity contribution in [2.24, 2.45) is 5.92 Å². The number of nitrogens with one attached hydrogen (secondary N) is 2. The minimum Gasteiger partial charge on any atom is -0.348 e. The average molecular weight is 234 g/mol. The van der Waals surface area contributed by atoms with Crippen molar-refractivity contribution >= 4 is 5.91 Å². The Balaban J connectivity index is 1.98. The summed E-state index contributed by atoms with van der Waals surface area (Å²) in [7, 11) is 0. The third-order valence-corrected chi connectivity index (χ3v) is 3.12. The molecule has 0 aromatic carbocycles.